The number of hydrogen-bond donors (Lipinski definition) is 1. The lowest BCUT2D eigenvalue weighted by molar-refractivity contribution is -0.128. The molecule has 1 unspecified atom stereocenters. The quantitative estimate of drug-likeness (QED) is 0.552. The van der Waals surface area contributed by atoms with E-state index in [1.54, 1.807) is 19.2 Å². The lowest BCUT2D eigenvalue weighted by Crippen LogP contribution is -2.38. The number of benzene rings is 2. The molecule has 0 bridgehead atoms. The van der Waals surface area contributed by atoms with E-state index in [0.29, 0.717) is 30.3 Å². The molecule has 6 heteroatoms. The van der Waals surface area contributed by atoms with Crippen molar-refractivity contribution >= 4 is 17.5 Å². The summed E-state index contributed by atoms with van der Waals surface area (Å²) in [6.45, 7) is 5.01. The van der Waals surface area contributed by atoms with Crippen molar-refractivity contribution in [3.05, 3.63) is 53.1 Å². The Labute approximate surface area is 171 Å². The van der Waals surface area contributed by atoms with E-state index >= 15 is 0 Å². The van der Waals surface area contributed by atoms with E-state index in [4.69, 9.17) is 25.8 Å². The number of ether oxygens (including phenoxy) is 3. The number of halogens is 1. The average molecular weight is 406 g/mol. The van der Waals surface area contributed by atoms with Crippen LogP contribution in [0.3, 0.4) is 0 Å². The molecule has 152 valence electrons. The lowest BCUT2D eigenvalue weighted by atomic mass is 10.1. The Morgan fingerprint density at radius 1 is 1.11 bits per heavy atom. The maximum Gasteiger partial charge on any atom is 0.261 e. The second kappa shape index (κ2) is 11.4. The average Bonchev–Trinajstić information content (AvgIpc) is 2.71. The van der Waals surface area contributed by atoms with Crippen LogP contribution in [-0.2, 0) is 11.2 Å². The van der Waals surface area contributed by atoms with Crippen molar-refractivity contribution in [3.63, 3.8) is 0 Å². The van der Waals surface area contributed by atoms with Crippen LogP contribution in [0.4, 0.5) is 0 Å². The predicted molar refractivity (Wildman–Crippen MR) is 112 cm³/mol. The fourth-order valence-corrected chi connectivity index (χ4v) is 2.96. The van der Waals surface area contributed by atoms with Crippen molar-refractivity contribution in [2.45, 2.75) is 39.2 Å². The van der Waals surface area contributed by atoms with Gasteiger partial charge in [0.15, 0.2) is 17.6 Å². The Morgan fingerprint density at radius 2 is 1.89 bits per heavy atom. The molecule has 0 saturated heterocycles. The summed E-state index contributed by atoms with van der Waals surface area (Å²) in [5.41, 5.74) is 1.13. The number of amides is 1. The first-order valence-electron chi connectivity index (χ1n) is 9.57. The number of carbonyl (C=O) groups is 1. The summed E-state index contributed by atoms with van der Waals surface area (Å²) in [5, 5.41) is 3.44. The zero-order chi connectivity index (χ0) is 20.4. The Balaban J connectivity index is 1.82. The number of carbonyl (C=O) groups excluding carboxylic acids is 1. The van der Waals surface area contributed by atoms with Gasteiger partial charge >= 0.3 is 0 Å². The molecule has 1 N–H and O–H groups in total. The second-order valence-electron chi connectivity index (χ2n) is 6.26. The standard InChI is InChI=1S/C22H28ClNO4/c1-4-18(28-19-11-7-6-10-17(19)23)22(25)24-14-8-9-16-12-13-20(27-5-2)21(15-16)26-3/h6-7,10-13,15,18H,4-5,8-9,14H2,1-3H3,(H,24,25). The van der Waals surface area contributed by atoms with Crippen molar-refractivity contribution < 1.29 is 19.0 Å². The molecular formula is C22H28ClNO4. The SMILES string of the molecule is CCOc1ccc(CCCNC(=O)C(CC)Oc2ccccc2Cl)cc1OC. The molecule has 0 aliphatic carbocycles. The number of para-hydroxylation sites is 1. The highest BCUT2D eigenvalue weighted by Gasteiger charge is 2.18. The first-order valence-corrected chi connectivity index (χ1v) is 9.95. The van der Waals surface area contributed by atoms with E-state index in [-0.39, 0.29) is 5.91 Å². The number of aryl methyl sites for hydroxylation is 1. The molecule has 28 heavy (non-hydrogen) atoms. The Hall–Kier alpha value is -2.40. The van der Waals surface area contributed by atoms with Crippen LogP contribution >= 0.6 is 11.6 Å². The van der Waals surface area contributed by atoms with Crippen LogP contribution in [0, 0.1) is 0 Å². The van der Waals surface area contributed by atoms with E-state index in [9.17, 15) is 4.79 Å². The molecule has 0 radical (unpaired) electrons. The summed E-state index contributed by atoms with van der Waals surface area (Å²) in [5.74, 6) is 1.85. The minimum absolute atomic E-state index is 0.133. The van der Waals surface area contributed by atoms with Crippen molar-refractivity contribution in [1.29, 1.82) is 0 Å². The molecule has 5 nitrogen and oxygen atoms in total. The minimum Gasteiger partial charge on any atom is -0.493 e. The zero-order valence-corrected chi connectivity index (χ0v) is 17.4. The van der Waals surface area contributed by atoms with Crippen molar-refractivity contribution in [2.24, 2.45) is 0 Å². The smallest absolute Gasteiger partial charge is 0.261 e. The van der Waals surface area contributed by atoms with E-state index in [2.05, 4.69) is 5.32 Å². The minimum atomic E-state index is -0.564. The predicted octanol–water partition coefficient (Wildman–Crippen LogP) is 4.65. The van der Waals surface area contributed by atoms with Gasteiger partial charge in [0.2, 0.25) is 0 Å². The summed E-state index contributed by atoms with van der Waals surface area (Å²) >= 11 is 6.10. The highest BCUT2D eigenvalue weighted by molar-refractivity contribution is 6.32. The molecule has 0 heterocycles. The Bertz CT molecular complexity index is 766. The van der Waals surface area contributed by atoms with Crippen LogP contribution in [0.2, 0.25) is 5.02 Å². The lowest BCUT2D eigenvalue weighted by Gasteiger charge is -2.18. The van der Waals surface area contributed by atoms with Crippen LogP contribution in [0.15, 0.2) is 42.5 Å². The molecule has 0 fully saturated rings. The molecule has 1 atom stereocenters. The molecule has 2 rings (SSSR count). The van der Waals surface area contributed by atoms with Gasteiger partial charge in [-0.2, -0.15) is 0 Å². The van der Waals surface area contributed by atoms with E-state index in [1.165, 1.54) is 0 Å². The van der Waals surface area contributed by atoms with Gasteiger partial charge in [0.05, 0.1) is 18.7 Å². The van der Waals surface area contributed by atoms with Crippen LogP contribution < -0.4 is 19.5 Å². The Kier molecular flexibility index (Phi) is 8.95. The first-order chi connectivity index (χ1) is 13.6. The highest BCUT2D eigenvalue weighted by Crippen LogP contribution is 2.28. The molecule has 0 aromatic heterocycles. The molecule has 1 amide bonds. The Morgan fingerprint density at radius 3 is 2.57 bits per heavy atom. The number of hydrogen-bond acceptors (Lipinski definition) is 4. The van der Waals surface area contributed by atoms with Crippen molar-refractivity contribution in [3.8, 4) is 17.2 Å². The maximum atomic E-state index is 12.4. The van der Waals surface area contributed by atoms with Crippen LogP contribution in [-0.4, -0.2) is 32.3 Å². The molecule has 0 saturated carbocycles. The third-order valence-electron chi connectivity index (χ3n) is 4.24. The normalized spacial score (nSPS) is 11.6. The topological polar surface area (TPSA) is 56.8 Å². The molecule has 0 aliphatic heterocycles. The molecule has 2 aromatic rings. The van der Waals surface area contributed by atoms with Gasteiger partial charge in [0, 0.05) is 6.54 Å². The first kappa shape index (κ1) is 21.9. The van der Waals surface area contributed by atoms with Crippen LogP contribution in [0.1, 0.15) is 32.3 Å². The fraction of sp³-hybridized carbons (Fsp3) is 0.409. The second-order valence-corrected chi connectivity index (χ2v) is 6.67. The number of rotatable bonds is 11. The molecule has 2 aromatic carbocycles. The summed E-state index contributed by atoms with van der Waals surface area (Å²) in [7, 11) is 1.63. The summed E-state index contributed by atoms with van der Waals surface area (Å²) in [4.78, 5) is 12.4. The van der Waals surface area contributed by atoms with Gasteiger partial charge in [-0.05, 0) is 56.0 Å². The van der Waals surface area contributed by atoms with Crippen molar-refractivity contribution in [1.82, 2.24) is 5.32 Å². The van der Waals surface area contributed by atoms with Gasteiger partial charge in [-0.25, -0.2) is 0 Å². The largest absolute Gasteiger partial charge is 0.493 e. The molecule has 0 spiro atoms. The van der Waals surface area contributed by atoms with Gasteiger partial charge < -0.3 is 19.5 Å². The summed E-state index contributed by atoms with van der Waals surface area (Å²) in [6, 6.07) is 13.1. The molecular weight excluding hydrogens is 378 g/mol. The van der Waals surface area contributed by atoms with Gasteiger partial charge in [0.25, 0.3) is 5.91 Å². The number of methoxy groups -OCH3 is 1. The third kappa shape index (κ3) is 6.34. The number of nitrogens with one attached hydrogen (secondary N) is 1. The van der Waals surface area contributed by atoms with Gasteiger partial charge in [-0.15, -0.1) is 0 Å². The van der Waals surface area contributed by atoms with E-state index in [0.717, 1.165) is 29.9 Å². The van der Waals surface area contributed by atoms with Crippen LogP contribution in [0.25, 0.3) is 0 Å². The third-order valence-corrected chi connectivity index (χ3v) is 4.55. The summed E-state index contributed by atoms with van der Waals surface area (Å²) in [6.07, 6.45) is 1.63. The van der Waals surface area contributed by atoms with Crippen molar-refractivity contribution in [2.75, 3.05) is 20.3 Å². The summed E-state index contributed by atoms with van der Waals surface area (Å²) < 4.78 is 16.7. The van der Waals surface area contributed by atoms with E-state index in [1.807, 2.05) is 44.2 Å². The monoisotopic (exact) mass is 405 g/mol. The maximum absolute atomic E-state index is 12.4. The van der Waals surface area contributed by atoms with Crippen LogP contribution in [0.5, 0.6) is 17.2 Å². The van der Waals surface area contributed by atoms with Gasteiger partial charge in [-0.3, -0.25) is 4.79 Å². The molecule has 0 aliphatic rings. The van der Waals surface area contributed by atoms with Gasteiger partial charge in [0.1, 0.15) is 5.75 Å². The van der Waals surface area contributed by atoms with Gasteiger partial charge in [-0.1, -0.05) is 36.7 Å². The van der Waals surface area contributed by atoms with E-state index < -0.39 is 6.10 Å². The highest BCUT2D eigenvalue weighted by atomic mass is 35.5. The zero-order valence-electron chi connectivity index (χ0n) is 16.7. The fourth-order valence-electron chi connectivity index (χ4n) is 2.78.